The zero-order chi connectivity index (χ0) is 24.2. The minimum absolute atomic E-state index is 0.264. The molecular weight excluding hydrogens is 422 g/mol. The second-order valence-electron chi connectivity index (χ2n) is 8.65. The van der Waals surface area contributed by atoms with Crippen LogP contribution in [0.15, 0.2) is 60.7 Å². The summed E-state index contributed by atoms with van der Waals surface area (Å²) in [5.41, 5.74) is 0.899. The van der Waals surface area contributed by atoms with Crippen molar-refractivity contribution in [1.29, 1.82) is 0 Å². The average molecular weight is 450 g/mol. The van der Waals surface area contributed by atoms with Gasteiger partial charge in [-0.1, -0.05) is 30.3 Å². The van der Waals surface area contributed by atoms with E-state index in [0.717, 1.165) is 0 Å². The number of rotatable bonds is 7. The highest BCUT2D eigenvalue weighted by atomic mass is 16.4. The van der Waals surface area contributed by atoms with Gasteiger partial charge in [-0.2, -0.15) is 0 Å². The maximum Gasteiger partial charge on any atom is 0.412 e. The molecule has 3 rings (SSSR count). The van der Waals surface area contributed by atoms with Crippen LogP contribution in [0.25, 0.3) is 0 Å². The molecule has 0 saturated heterocycles. The first kappa shape index (κ1) is 23.7. The van der Waals surface area contributed by atoms with Gasteiger partial charge in [0.1, 0.15) is 0 Å². The second kappa shape index (κ2) is 9.68. The largest absolute Gasteiger partial charge is 0.465 e. The molecule has 172 valence electrons. The third-order valence-corrected chi connectivity index (χ3v) is 5.16. The zero-order valence-electron chi connectivity index (χ0n) is 18.9. The van der Waals surface area contributed by atoms with Gasteiger partial charge in [0.15, 0.2) is 0 Å². The number of para-hydroxylation sites is 2. The molecule has 0 aliphatic carbocycles. The van der Waals surface area contributed by atoms with Crippen LogP contribution in [0, 0.1) is 0 Å². The molecule has 8 nitrogen and oxygen atoms in total. The van der Waals surface area contributed by atoms with Crippen molar-refractivity contribution in [3.8, 4) is 0 Å². The Morgan fingerprint density at radius 1 is 1.00 bits per heavy atom. The lowest BCUT2D eigenvalue weighted by atomic mass is 10.0. The van der Waals surface area contributed by atoms with Gasteiger partial charge in [-0.25, -0.2) is 4.79 Å². The van der Waals surface area contributed by atoms with E-state index in [1.54, 1.807) is 75.4 Å². The van der Waals surface area contributed by atoms with Crippen LogP contribution in [0.4, 0.5) is 16.2 Å². The molecule has 2 N–H and O–H groups in total. The molecule has 0 radical (unpaired) electrons. The van der Waals surface area contributed by atoms with Gasteiger partial charge in [0.25, 0.3) is 11.8 Å². The molecule has 0 spiro atoms. The number of carboxylic acid groups (broad SMARTS) is 1. The highest BCUT2D eigenvalue weighted by molar-refractivity contribution is 6.21. The Kier molecular flexibility index (Phi) is 6.96. The van der Waals surface area contributed by atoms with E-state index in [1.165, 1.54) is 15.9 Å². The van der Waals surface area contributed by atoms with E-state index in [4.69, 9.17) is 0 Å². The van der Waals surface area contributed by atoms with Crippen LogP contribution >= 0.6 is 0 Å². The molecule has 0 fully saturated rings. The number of amides is 4. The first-order chi connectivity index (χ1) is 15.6. The number of benzene rings is 2. The summed E-state index contributed by atoms with van der Waals surface area (Å²) in [6.07, 6.45) is 2.91. The molecule has 1 aliphatic heterocycles. The van der Waals surface area contributed by atoms with Crippen molar-refractivity contribution in [2.45, 2.75) is 39.2 Å². The fourth-order valence-corrected chi connectivity index (χ4v) is 3.70. The Morgan fingerprint density at radius 3 is 2.15 bits per heavy atom. The van der Waals surface area contributed by atoms with E-state index in [9.17, 15) is 24.3 Å². The highest BCUT2D eigenvalue weighted by Gasteiger charge is 2.34. The molecule has 4 amide bonds. The Morgan fingerprint density at radius 2 is 1.58 bits per heavy atom. The van der Waals surface area contributed by atoms with Crippen LogP contribution in [0.1, 0.15) is 54.3 Å². The third-order valence-electron chi connectivity index (χ3n) is 5.16. The van der Waals surface area contributed by atoms with Crippen molar-refractivity contribution in [2.24, 2.45) is 0 Å². The van der Waals surface area contributed by atoms with Gasteiger partial charge in [-0.3, -0.25) is 24.2 Å². The Bertz CT molecular complexity index is 1080. The van der Waals surface area contributed by atoms with E-state index in [0.29, 0.717) is 35.3 Å². The van der Waals surface area contributed by atoms with Crippen LogP contribution in [0.3, 0.4) is 0 Å². The van der Waals surface area contributed by atoms with Crippen molar-refractivity contribution >= 4 is 35.2 Å². The van der Waals surface area contributed by atoms with E-state index >= 15 is 0 Å². The van der Waals surface area contributed by atoms with Crippen molar-refractivity contribution in [1.82, 2.24) is 4.90 Å². The molecule has 1 heterocycles. The van der Waals surface area contributed by atoms with Crippen LogP contribution < -0.4 is 10.2 Å². The predicted molar refractivity (Wildman–Crippen MR) is 126 cm³/mol. The van der Waals surface area contributed by atoms with Crippen molar-refractivity contribution in [2.75, 3.05) is 16.8 Å². The number of allylic oxidation sites excluding steroid dienone is 1. The summed E-state index contributed by atoms with van der Waals surface area (Å²) in [6.45, 7) is 5.58. The van der Waals surface area contributed by atoms with E-state index in [-0.39, 0.29) is 18.4 Å². The number of anilines is 2. The van der Waals surface area contributed by atoms with E-state index < -0.39 is 17.5 Å². The van der Waals surface area contributed by atoms with Gasteiger partial charge >= 0.3 is 6.09 Å². The third kappa shape index (κ3) is 5.28. The summed E-state index contributed by atoms with van der Waals surface area (Å²) in [5.74, 6) is -0.992. The first-order valence-corrected chi connectivity index (χ1v) is 10.7. The number of hydrogen-bond donors (Lipinski definition) is 2. The summed E-state index contributed by atoms with van der Waals surface area (Å²) in [7, 11) is 0. The molecule has 0 atom stereocenters. The van der Waals surface area contributed by atoms with Crippen molar-refractivity contribution < 1.29 is 24.3 Å². The van der Waals surface area contributed by atoms with Crippen LogP contribution in [-0.2, 0) is 4.79 Å². The minimum atomic E-state index is -1.12. The second-order valence-corrected chi connectivity index (χ2v) is 8.65. The number of nitrogens with one attached hydrogen (secondary N) is 1. The Hall–Kier alpha value is -3.94. The lowest BCUT2D eigenvalue weighted by Gasteiger charge is -2.34. The Balaban J connectivity index is 1.56. The first-order valence-electron chi connectivity index (χ1n) is 10.7. The number of carbonyl (C=O) groups is 4. The summed E-state index contributed by atoms with van der Waals surface area (Å²) in [6, 6.07) is 13.4. The maximum atomic E-state index is 12.4. The van der Waals surface area contributed by atoms with E-state index in [1.807, 2.05) is 0 Å². The summed E-state index contributed by atoms with van der Waals surface area (Å²) in [5, 5.41) is 12.4. The molecule has 0 unspecified atom stereocenters. The molecule has 0 saturated carbocycles. The number of nitrogens with zero attached hydrogens (tertiary/aromatic N) is 2. The van der Waals surface area contributed by atoms with Gasteiger partial charge in [0.05, 0.1) is 22.5 Å². The van der Waals surface area contributed by atoms with Crippen LogP contribution in [-0.4, -0.2) is 45.9 Å². The quantitative estimate of drug-likeness (QED) is 0.367. The minimum Gasteiger partial charge on any atom is -0.465 e. The normalized spacial score (nSPS) is 13.4. The standard InChI is InChI=1S/C25H27N3O5/c1-25(2,3)28(24(32)33)20-14-9-8-13-19(20)26-21(29)15-5-4-10-16-27-22(30)17-11-6-7-12-18(17)23(27)31/h5-9,11-15H,4,10,16H2,1-3H3,(H,26,29)(H,32,33). The molecule has 2 aromatic carbocycles. The lowest BCUT2D eigenvalue weighted by Crippen LogP contribution is -2.45. The topological polar surface area (TPSA) is 107 Å². The van der Waals surface area contributed by atoms with Crippen molar-refractivity contribution in [3.63, 3.8) is 0 Å². The van der Waals surface area contributed by atoms with Gasteiger partial charge in [-0.15, -0.1) is 0 Å². The number of imide groups is 1. The van der Waals surface area contributed by atoms with Crippen LogP contribution in [0.5, 0.6) is 0 Å². The number of hydrogen-bond acceptors (Lipinski definition) is 4. The molecule has 33 heavy (non-hydrogen) atoms. The molecular formula is C25H27N3O5. The van der Waals surface area contributed by atoms with Gasteiger partial charge in [0.2, 0.25) is 5.91 Å². The smallest absolute Gasteiger partial charge is 0.412 e. The maximum absolute atomic E-state index is 12.4. The number of fused-ring (bicyclic) bond motifs is 1. The average Bonchev–Trinajstić information content (AvgIpc) is 2.98. The van der Waals surface area contributed by atoms with Crippen LogP contribution in [0.2, 0.25) is 0 Å². The summed E-state index contributed by atoms with van der Waals surface area (Å²) >= 11 is 0. The number of unbranched alkanes of at least 4 members (excludes halogenated alkanes) is 1. The monoisotopic (exact) mass is 449 g/mol. The predicted octanol–water partition coefficient (Wildman–Crippen LogP) is 4.54. The van der Waals surface area contributed by atoms with Gasteiger partial charge in [-0.05, 0) is 64.0 Å². The summed E-state index contributed by atoms with van der Waals surface area (Å²) < 4.78 is 0. The molecule has 2 aromatic rings. The lowest BCUT2D eigenvalue weighted by molar-refractivity contribution is -0.111. The molecule has 0 bridgehead atoms. The van der Waals surface area contributed by atoms with Gasteiger partial charge in [0, 0.05) is 12.1 Å². The summed E-state index contributed by atoms with van der Waals surface area (Å²) in [4.78, 5) is 51.4. The molecule has 1 aliphatic rings. The molecule has 0 aromatic heterocycles. The van der Waals surface area contributed by atoms with Gasteiger partial charge < -0.3 is 10.4 Å². The number of carbonyl (C=O) groups excluding carboxylic acids is 3. The zero-order valence-corrected chi connectivity index (χ0v) is 18.9. The SMILES string of the molecule is CC(C)(C)N(C(=O)O)c1ccccc1NC(=O)C=CCCCN1C(=O)c2ccccc2C1=O. The van der Waals surface area contributed by atoms with E-state index in [2.05, 4.69) is 5.32 Å². The fourth-order valence-electron chi connectivity index (χ4n) is 3.70. The highest BCUT2D eigenvalue weighted by Crippen LogP contribution is 2.31. The Labute approximate surface area is 192 Å². The fraction of sp³-hybridized carbons (Fsp3) is 0.280. The molecule has 8 heteroatoms. The van der Waals surface area contributed by atoms with Crippen molar-refractivity contribution in [3.05, 3.63) is 71.8 Å².